The van der Waals surface area contributed by atoms with Crippen LogP contribution in [-0.2, 0) is 0 Å². The second-order valence-electron chi connectivity index (χ2n) is 7.64. The highest BCUT2D eigenvalue weighted by atomic mass is 19.1. The quantitative estimate of drug-likeness (QED) is 0.538. The molecule has 0 spiro atoms. The number of aryl methyl sites for hydroxylation is 1. The molecule has 3 rings (SSSR count). The highest BCUT2D eigenvalue weighted by Gasteiger charge is 2.30. The van der Waals surface area contributed by atoms with Crippen LogP contribution < -0.4 is 0 Å². The van der Waals surface area contributed by atoms with Crippen LogP contribution >= 0.6 is 0 Å². The molecule has 0 aliphatic heterocycles. The van der Waals surface area contributed by atoms with Gasteiger partial charge in [0, 0.05) is 0 Å². The molecule has 23 heavy (non-hydrogen) atoms. The average molecular weight is 319 g/mol. The fourth-order valence-corrected chi connectivity index (χ4v) is 4.54. The molecule has 1 aromatic rings. The predicted octanol–water partition coefficient (Wildman–Crippen LogP) is 7.26. The second kappa shape index (κ2) is 8.85. The summed E-state index contributed by atoms with van der Waals surface area (Å²) in [6.45, 7) is 8.25. The third-order valence-electron chi connectivity index (χ3n) is 6.17. The molecule has 0 nitrogen and oxygen atoms in total. The van der Waals surface area contributed by atoms with Crippen molar-refractivity contribution in [2.24, 2.45) is 17.8 Å². The van der Waals surface area contributed by atoms with Crippen LogP contribution in [0.3, 0.4) is 0 Å². The molecule has 1 aromatic carbocycles. The van der Waals surface area contributed by atoms with Crippen molar-refractivity contribution >= 4 is 0 Å². The number of halogens is 1. The molecule has 0 saturated heterocycles. The van der Waals surface area contributed by atoms with Crippen molar-refractivity contribution < 1.29 is 4.39 Å². The van der Waals surface area contributed by atoms with Crippen molar-refractivity contribution in [3.63, 3.8) is 0 Å². The van der Waals surface area contributed by atoms with Gasteiger partial charge in [-0.3, -0.25) is 0 Å². The number of hydrogen-bond acceptors (Lipinski definition) is 0. The first-order chi connectivity index (χ1) is 11.1. The van der Waals surface area contributed by atoms with Gasteiger partial charge in [-0.1, -0.05) is 45.7 Å². The maximum Gasteiger partial charge on any atom is 0.126 e. The van der Waals surface area contributed by atoms with Gasteiger partial charge < -0.3 is 0 Å². The lowest BCUT2D eigenvalue weighted by Gasteiger charge is -2.37. The summed E-state index contributed by atoms with van der Waals surface area (Å²) in [5.74, 6) is 3.45. The molecule has 0 heterocycles. The van der Waals surface area contributed by atoms with E-state index in [0.29, 0.717) is 5.92 Å². The lowest BCUT2D eigenvalue weighted by Crippen LogP contribution is -2.24. The van der Waals surface area contributed by atoms with Gasteiger partial charge in [-0.15, -0.1) is 0 Å². The fraction of sp³-hybridized carbons (Fsp3) is 0.727. The Kier molecular flexibility index (Phi) is 7.11. The Bertz CT molecular complexity index is 463. The van der Waals surface area contributed by atoms with Gasteiger partial charge in [0.1, 0.15) is 5.82 Å². The molecule has 2 aliphatic carbocycles. The largest absolute Gasteiger partial charge is 0.207 e. The summed E-state index contributed by atoms with van der Waals surface area (Å²) >= 11 is 0. The van der Waals surface area contributed by atoms with Crippen molar-refractivity contribution in [2.45, 2.75) is 85.0 Å². The van der Waals surface area contributed by atoms with Gasteiger partial charge in [-0.25, -0.2) is 4.39 Å². The van der Waals surface area contributed by atoms with Crippen LogP contribution in [0.2, 0.25) is 0 Å². The Labute approximate surface area is 142 Å². The molecular weight excluding hydrogens is 283 g/mol. The van der Waals surface area contributed by atoms with E-state index >= 15 is 0 Å². The molecule has 2 saturated carbocycles. The maximum atomic E-state index is 13.7. The smallest absolute Gasteiger partial charge is 0.126 e. The van der Waals surface area contributed by atoms with Gasteiger partial charge in [-0.2, -0.15) is 0 Å². The molecule has 130 valence electrons. The monoisotopic (exact) mass is 318 g/mol. The summed E-state index contributed by atoms with van der Waals surface area (Å²) < 4.78 is 13.7. The first-order valence-electron chi connectivity index (χ1n) is 9.89. The summed E-state index contributed by atoms with van der Waals surface area (Å²) in [6, 6.07) is 5.87. The molecule has 1 heteroatoms. The van der Waals surface area contributed by atoms with Gasteiger partial charge in [0.2, 0.25) is 0 Å². The zero-order valence-electron chi connectivity index (χ0n) is 15.6. The van der Waals surface area contributed by atoms with Gasteiger partial charge in [0.05, 0.1) is 0 Å². The Hall–Kier alpha value is -0.850. The summed E-state index contributed by atoms with van der Waals surface area (Å²) in [5, 5.41) is 0. The topological polar surface area (TPSA) is 0 Å². The van der Waals surface area contributed by atoms with Crippen LogP contribution in [-0.4, -0.2) is 0 Å². The molecule has 0 N–H and O–H groups in total. The van der Waals surface area contributed by atoms with Gasteiger partial charge >= 0.3 is 0 Å². The lowest BCUT2D eigenvalue weighted by molar-refractivity contribution is 0.165. The standard InChI is InChI=1S/C20H29F.C2H6/c1-14-3-6-16(7-4-14)17-9-11-18(12-10-17)19-8-5-15(2)20(21)13-19;1-2/h5,8,13-14,16-18H,3-4,6-7,9-12H2,1-2H3;1-2H3. The summed E-state index contributed by atoms with van der Waals surface area (Å²) in [4.78, 5) is 0. The van der Waals surface area contributed by atoms with E-state index in [4.69, 9.17) is 0 Å². The normalized spacial score (nSPS) is 31.2. The Balaban J connectivity index is 0.000000924. The second-order valence-corrected chi connectivity index (χ2v) is 7.64. The minimum atomic E-state index is -0.0316. The SMILES string of the molecule is CC.Cc1ccc(C2CCC(C3CCC(C)CC3)CC2)cc1F. The lowest BCUT2D eigenvalue weighted by atomic mass is 9.68. The van der Waals surface area contributed by atoms with E-state index in [-0.39, 0.29) is 5.82 Å². The van der Waals surface area contributed by atoms with E-state index in [0.717, 1.165) is 23.3 Å². The fourth-order valence-electron chi connectivity index (χ4n) is 4.54. The number of hydrogen-bond donors (Lipinski definition) is 0. The summed E-state index contributed by atoms with van der Waals surface area (Å²) in [6.07, 6.45) is 11.0. The minimum absolute atomic E-state index is 0.0316. The van der Waals surface area contributed by atoms with Crippen LogP contribution in [0.25, 0.3) is 0 Å². The van der Waals surface area contributed by atoms with Crippen molar-refractivity contribution in [1.29, 1.82) is 0 Å². The van der Waals surface area contributed by atoms with E-state index in [1.165, 1.54) is 56.9 Å². The van der Waals surface area contributed by atoms with Crippen LogP contribution in [0.5, 0.6) is 0 Å². The van der Waals surface area contributed by atoms with E-state index < -0.39 is 0 Å². The molecule has 0 amide bonds. The third kappa shape index (κ3) is 4.81. The van der Waals surface area contributed by atoms with Gasteiger partial charge in [0.15, 0.2) is 0 Å². The summed E-state index contributed by atoms with van der Waals surface area (Å²) in [5.41, 5.74) is 2.00. The minimum Gasteiger partial charge on any atom is -0.207 e. The maximum absolute atomic E-state index is 13.7. The van der Waals surface area contributed by atoms with Gasteiger partial charge in [0.25, 0.3) is 0 Å². The van der Waals surface area contributed by atoms with Crippen LogP contribution in [0.1, 0.15) is 89.2 Å². The van der Waals surface area contributed by atoms with Crippen LogP contribution in [0.15, 0.2) is 18.2 Å². The zero-order chi connectivity index (χ0) is 16.8. The van der Waals surface area contributed by atoms with Gasteiger partial charge in [-0.05, 0) is 86.3 Å². The molecular formula is C22H35F. The number of rotatable bonds is 2. The number of benzene rings is 1. The van der Waals surface area contributed by atoms with Crippen molar-refractivity contribution in [1.82, 2.24) is 0 Å². The van der Waals surface area contributed by atoms with E-state index in [1.54, 1.807) is 6.07 Å². The molecule has 2 fully saturated rings. The Morgan fingerprint density at radius 3 is 1.87 bits per heavy atom. The van der Waals surface area contributed by atoms with Crippen LogP contribution in [0, 0.1) is 30.5 Å². The first-order valence-corrected chi connectivity index (χ1v) is 9.89. The molecule has 0 atom stereocenters. The third-order valence-corrected chi connectivity index (χ3v) is 6.17. The molecule has 0 aromatic heterocycles. The highest BCUT2D eigenvalue weighted by Crippen LogP contribution is 2.43. The molecule has 0 bridgehead atoms. The van der Waals surface area contributed by atoms with Crippen LogP contribution in [0.4, 0.5) is 4.39 Å². The molecule has 2 aliphatic rings. The first kappa shape index (κ1) is 18.5. The van der Waals surface area contributed by atoms with Crippen molar-refractivity contribution in [2.75, 3.05) is 0 Å². The van der Waals surface area contributed by atoms with Crippen molar-refractivity contribution in [3.05, 3.63) is 35.1 Å². The zero-order valence-corrected chi connectivity index (χ0v) is 15.6. The Morgan fingerprint density at radius 1 is 0.826 bits per heavy atom. The Morgan fingerprint density at radius 2 is 1.35 bits per heavy atom. The van der Waals surface area contributed by atoms with Crippen molar-refractivity contribution in [3.8, 4) is 0 Å². The molecule has 0 unspecified atom stereocenters. The average Bonchev–Trinajstić information content (AvgIpc) is 2.60. The van der Waals surface area contributed by atoms with E-state index in [9.17, 15) is 4.39 Å². The summed E-state index contributed by atoms with van der Waals surface area (Å²) in [7, 11) is 0. The predicted molar refractivity (Wildman–Crippen MR) is 98.3 cm³/mol. The molecule has 0 radical (unpaired) electrons. The highest BCUT2D eigenvalue weighted by molar-refractivity contribution is 5.26. The van der Waals surface area contributed by atoms with E-state index in [1.807, 2.05) is 26.8 Å². The van der Waals surface area contributed by atoms with E-state index in [2.05, 4.69) is 13.0 Å².